The third-order valence-corrected chi connectivity index (χ3v) is 6.98. The molecule has 200 valence electrons. The molecular formula is C31H37FN4O2. The van der Waals surface area contributed by atoms with E-state index in [-0.39, 0.29) is 24.1 Å². The van der Waals surface area contributed by atoms with Crippen LogP contribution in [0, 0.1) is 5.82 Å². The van der Waals surface area contributed by atoms with Crippen molar-refractivity contribution in [1.82, 2.24) is 20.2 Å². The van der Waals surface area contributed by atoms with E-state index in [4.69, 9.17) is 0 Å². The monoisotopic (exact) mass is 516 g/mol. The molecule has 1 atom stereocenters. The van der Waals surface area contributed by atoms with E-state index in [1.807, 2.05) is 29.2 Å². The number of benzene rings is 2. The van der Waals surface area contributed by atoms with E-state index < -0.39 is 6.04 Å². The smallest absolute Gasteiger partial charge is 0.253 e. The molecule has 0 aliphatic heterocycles. The molecule has 6 nitrogen and oxygen atoms in total. The fourth-order valence-electron chi connectivity index (χ4n) is 4.83. The van der Waals surface area contributed by atoms with Gasteiger partial charge in [0.25, 0.3) is 5.91 Å². The van der Waals surface area contributed by atoms with Crippen molar-refractivity contribution < 1.29 is 14.0 Å². The summed E-state index contributed by atoms with van der Waals surface area (Å²) in [6.45, 7) is 5.59. The first-order valence-electron chi connectivity index (χ1n) is 13.7. The maximum Gasteiger partial charge on any atom is 0.253 e. The van der Waals surface area contributed by atoms with Crippen LogP contribution in [-0.4, -0.2) is 45.8 Å². The molecule has 0 aliphatic carbocycles. The highest BCUT2D eigenvalue weighted by molar-refractivity contribution is 6.00. The average molecular weight is 517 g/mol. The van der Waals surface area contributed by atoms with Gasteiger partial charge in [0.2, 0.25) is 5.91 Å². The van der Waals surface area contributed by atoms with Gasteiger partial charge in [0.05, 0.1) is 11.1 Å². The quantitative estimate of drug-likeness (QED) is 0.202. The molecule has 0 spiro atoms. The Balaban J connectivity index is 1.62. The minimum atomic E-state index is -0.792. The molecule has 2 heterocycles. The summed E-state index contributed by atoms with van der Waals surface area (Å²) >= 11 is 0. The fourth-order valence-corrected chi connectivity index (χ4v) is 4.83. The number of hydrogen-bond acceptors (Lipinski definition) is 3. The number of aromatic nitrogens is 2. The maximum absolute atomic E-state index is 14.1. The first kappa shape index (κ1) is 27.3. The Morgan fingerprint density at radius 2 is 1.74 bits per heavy atom. The lowest BCUT2D eigenvalue weighted by atomic mass is 10.0. The molecule has 2 aromatic carbocycles. The summed E-state index contributed by atoms with van der Waals surface area (Å²) in [7, 11) is 0. The maximum atomic E-state index is 14.1. The zero-order chi connectivity index (χ0) is 26.9. The zero-order valence-corrected chi connectivity index (χ0v) is 22.3. The van der Waals surface area contributed by atoms with Crippen molar-refractivity contribution in [3.63, 3.8) is 0 Å². The topological polar surface area (TPSA) is 78.1 Å². The molecule has 2 amide bonds. The number of hydrogen-bond donors (Lipinski definition) is 2. The molecule has 4 aromatic rings. The summed E-state index contributed by atoms with van der Waals surface area (Å²) in [6, 6.07) is 13.2. The van der Waals surface area contributed by atoms with Crippen molar-refractivity contribution in [2.75, 3.05) is 13.1 Å². The van der Waals surface area contributed by atoms with Gasteiger partial charge in [-0.25, -0.2) is 4.39 Å². The Bertz CT molecular complexity index is 1370. The molecule has 2 aromatic heterocycles. The van der Waals surface area contributed by atoms with E-state index in [0.717, 1.165) is 60.5 Å². The van der Waals surface area contributed by atoms with Gasteiger partial charge in [0, 0.05) is 48.2 Å². The van der Waals surface area contributed by atoms with Crippen molar-refractivity contribution in [1.29, 1.82) is 0 Å². The van der Waals surface area contributed by atoms with Crippen LogP contribution < -0.4 is 5.32 Å². The minimum Gasteiger partial charge on any atom is -0.361 e. The van der Waals surface area contributed by atoms with Crippen molar-refractivity contribution in [2.24, 2.45) is 0 Å². The van der Waals surface area contributed by atoms with Gasteiger partial charge in [-0.2, -0.15) is 0 Å². The number of nitrogens with one attached hydrogen (secondary N) is 2. The number of rotatable bonds is 13. The number of carbonyl (C=O) groups excluding carboxylic acids is 2. The van der Waals surface area contributed by atoms with E-state index in [1.165, 1.54) is 12.1 Å². The molecule has 1 unspecified atom stereocenters. The van der Waals surface area contributed by atoms with E-state index in [1.54, 1.807) is 24.5 Å². The summed E-state index contributed by atoms with van der Waals surface area (Å²) in [6.07, 6.45) is 9.64. The first-order chi connectivity index (χ1) is 18.5. The number of pyridine rings is 1. The highest BCUT2D eigenvalue weighted by atomic mass is 19.1. The predicted molar refractivity (Wildman–Crippen MR) is 151 cm³/mol. The number of para-hydroxylation sites is 1. The van der Waals surface area contributed by atoms with Crippen LogP contribution in [0.25, 0.3) is 21.8 Å². The standard InChI is InChI=1S/C31H37FN4O2/c1-3-5-9-15-36(16-10-6-4-2)31(38)29(18-23-20-34-28-14-13-25(32)19-26(23)28)35-30(37)24-17-22-11-7-8-12-27(22)33-21-24/h7-8,11-14,17,19-21,29,34H,3-6,9-10,15-16,18H2,1-2H3,(H,35,37). The van der Waals surface area contributed by atoms with Crippen LogP contribution in [-0.2, 0) is 11.2 Å². The lowest BCUT2D eigenvalue weighted by Gasteiger charge is -2.28. The van der Waals surface area contributed by atoms with Crippen molar-refractivity contribution in [2.45, 2.75) is 64.8 Å². The van der Waals surface area contributed by atoms with Crippen molar-refractivity contribution in [3.05, 3.63) is 77.9 Å². The van der Waals surface area contributed by atoms with Crippen LogP contribution in [0.4, 0.5) is 4.39 Å². The number of nitrogens with zero attached hydrogens (tertiary/aromatic N) is 2. The molecule has 0 saturated carbocycles. The fraction of sp³-hybridized carbons (Fsp3) is 0.387. The number of carbonyl (C=O) groups is 2. The molecule has 0 fully saturated rings. The highest BCUT2D eigenvalue weighted by Crippen LogP contribution is 2.22. The van der Waals surface area contributed by atoms with Gasteiger partial charge in [0.15, 0.2) is 0 Å². The number of aromatic amines is 1. The summed E-state index contributed by atoms with van der Waals surface area (Å²) in [4.78, 5) is 36.8. The van der Waals surface area contributed by atoms with Crippen LogP contribution in [0.1, 0.15) is 68.3 Å². The number of halogens is 1. The SMILES string of the molecule is CCCCCN(CCCCC)C(=O)C(Cc1c[nH]c2ccc(F)cc12)NC(=O)c1cnc2ccccc2c1. The first-order valence-corrected chi connectivity index (χ1v) is 13.7. The van der Waals surface area contributed by atoms with Crippen LogP contribution in [0.15, 0.2) is 60.9 Å². The number of unbranched alkanes of at least 4 members (excludes halogenated alkanes) is 4. The summed E-state index contributed by atoms with van der Waals surface area (Å²) in [5, 5.41) is 4.57. The molecule has 0 saturated heterocycles. The second-order valence-electron chi connectivity index (χ2n) is 9.89. The van der Waals surface area contributed by atoms with E-state index in [2.05, 4.69) is 29.1 Å². The summed E-state index contributed by atoms with van der Waals surface area (Å²) in [5.41, 5.74) is 2.78. The summed E-state index contributed by atoms with van der Waals surface area (Å²) in [5.74, 6) is -0.798. The third kappa shape index (κ3) is 6.77. The van der Waals surface area contributed by atoms with Gasteiger partial charge in [-0.1, -0.05) is 57.7 Å². The van der Waals surface area contributed by atoms with Crippen molar-refractivity contribution >= 4 is 33.6 Å². The molecule has 38 heavy (non-hydrogen) atoms. The third-order valence-electron chi connectivity index (χ3n) is 6.98. The Morgan fingerprint density at radius 3 is 2.47 bits per heavy atom. The lowest BCUT2D eigenvalue weighted by Crippen LogP contribution is -2.50. The molecule has 7 heteroatoms. The van der Waals surface area contributed by atoms with E-state index in [0.29, 0.717) is 24.0 Å². The Hall–Kier alpha value is -3.74. The summed E-state index contributed by atoms with van der Waals surface area (Å²) < 4.78 is 14.1. The van der Waals surface area contributed by atoms with Gasteiger partial charge in [-0.15, -0.1) is 0 Å². The van der Waals surface area contributed by atoms with Crippen LogP contribution >= 0.6 is 0 Å². The highest BCUT2D eigenvalue weighted by Gasteiger charge is 2.27. The molecule has 4 rings (SSSR count). The molecule has 0 radical (unpaired) electrons. The Kier molecular flexibility index (Phi) is 9.46. The van der Waals surface area contributed by atoms with Crippen LogP contribution in [0.5, 0.6) is 0 Å². The van der Waals surface area contributed by atoms with Gasteiger partial charge in [0.1, 0.15) is 11.9 Å². The molecule has 0 bridgehead atoms. The van der Waals surface area contributed by atoms with Gasteiger partial charge in [-0.05, 0) is 48.7 Å². The molecule has 0 aliphatic rings. The minimum absolute atomic E-state index is 0.106. The Labute approximate surface area is 223 Å². The Morgan fingerprint density at radius 1 is 1.00 bits per heavy atom. The van der Waals surface area contributed by atoms with E-state index in [9.17, 15) is 14.0 Å². The lowest BCUT2D eigenvalue weighted by molar-refractivity contribution is -0.133. The average Bonchev–Trinajstić information content (AvgIpc) is 3.32. The number of amides is 2. The molecule has 2 N–H and O–H groups in total. The number of fused-ring (bicyclic) bond motifs is 2. The van der Waals surface area contributed by atoms with Gasteiger partial charge < -0.3 is 15.2 Å². The van der Waals surface area contributed by atoms with Crippen LogP contribution in [0.3, 0.4) is 0 Å². The zero-order valence-electron chi connectivity index (χ0n) is 22.3. The predicted octanol–water partition coefficient (Wildman–Crippen LogP) is 6.41. The van der Waals surface area contributed by atoms with Gasteiger partial charge in [-0.3, -0.25) is 14.6 Å². The van der Waals surface area contributed by atoms with Crippen molar-refractivity contribution in [3.8, 4) is 0 Å². The van der Waals surface area contributed by atoms with Crippen LogP contribution in [0.2, 0.25) is 0 Å². The second-order valence-corrected chi connectivity index (χ2v) is 9.89. The van der Waals surface area contributed by atoms with Gasteiger partial charge >= 0.3 is 0 Å². The second kappa shape index (κ2) is 13.2. The normalized spacial score (nSPS) is 12.1. The van der Waals surface area contributed by atoms with E-state index >= 15 is 0 Å². The largest absolute Gasteiger partial charge is 0.361 e. The molecular weight excluding hydrogens is 479 g/mol. The number of H-pyrrole nitrogens is 1.